The highest BCUT2D eigenvalue weighted by Gasteiger charge is 2.16. The normalized spacial score (nSPS) is 12.2. The third-order valence-corrected chi connectivity index (χ3v) is 4.47. The molecule has 130 valence electrons. The highest BCUT2D eigenvalue weighted by molar-refractivity contribution is 9.10. The lowest BCUT2D eigenvalue weighted by atomic mass is 10.1. The van der Waals surface area contributed by atoms with Gasteiger partial charge in [-0.1, -0.05) is 52.3 Å². The van der Waals surface area contributed by atoms with Crippen LogP contribution in [0.4, 0.5) is 0 Å². The van der Waals surface area contributed by atoms with E-state index in [2.05, 4.69) is 21.0 Å². The molecule has 0 bridgehead atoms. The molecule has 25 heavy (non-hydrogen) atoms. The molecule has 6 heteroatoms. The van der Waals surface area contributed by atoms with Gasteiger partial charge in [0.1, 0.15) is 12.7 Å². The molecular weight excluding hydrogens is 384 g/mol. The van der Waals surface area contributed by atoms with E-state index in [9.17, 15) is 4.79 Å². The number of rotatable bonds is 7. The lowest BCUT2D eigenvalue weighted by molar-refractivity contribution is -0.151. The van der Waals surface area contributed by atoms with E-state index < -0.39 is 0 Å². The predicted octanol–water partition coefficient (Wildman–Crippen LogP) is 4.12. The number of hydrogen-bond donors (Lipinski definition) is 0. The topological polar surface area (TPSA) is 53.4 Å². The van der Waals surface area contributed by atoms with Crippen molar-refractivity contribution < 1.29 is 14.3 Å². The fraction of sp³-hybridized carbons (Fsp3) is 0.263. The molecule has 0 aliphatic heterocycles. The number of carbonyl (C=O) groups is 1. The van der Waals surface area contributed by atoms with E-state index in [4.69, 9.17) is 9.47 Å². The van der Waals surface area contributed by atoms with Gasteiger partial charge >= 0.3 is 5.97 Å². The van der Waals surface area contributed by atoms with Gasteiger partial charge in [0.15, 0.2) is 0 Å². The fourth-order valence-corrected chi connectivity index (χ4v) is 3.07. The summed E-state index contributed by atoms with van der Waals surface area (Å²) in [5.41, 5.74) is 1.90. The molecule has 0 amide bonds. The van der Waals surface area contributed by atoms with Crippen molar-refractivity contribution in [2.24, 2.45) is 0 Å². The van der Waals surface area contributed by atoms with Crippen molar-refractivity contribution in [1.82, 2.24) is 9.78 Å². The van der Waals surface area contributed by atoms with Crippen LogP contribution in [-0.2, 0) is 20.8 Å². The summed E-state index contributed by atoms with van der Waals surface area (Å²) in [6.45, 7) is 2.54. The number of fused-ring (bicyclic) bond motifs is 1. The molecule has 0 fully saturated rings. The van der Waals surface area contributed by atoms with Gasteiger partial charge in [0.25, 0.3) is 0 Å². The van der Waals surface area contributed by atoms with Gasteiger partial charge in [-0.05, 0) is 24.6 Å². The average Bonchev–Trinajstić information content (AvgIpc) is 3.04. The van der Waals surface area contributed by atoms with Crippen LogP contribution in [-0.4, -0.2) is 29.0 Å². The Balaban J connectivity index is 1.80. The van der Waals surface area contributed by atoms with Gasteiger partial charge in [0.2, 0.25) is 0 Å². The Kier molecular flexibility index (Phi) is 5.83. The molecule has 0 radical (unpaired) electrons. The van der Waals surface area contributed by atoms with Crippen molar-refractivity contribution >= 4 is 32.8 Å². The summed E-state index contributed by atoms with van der Waals surface area (Å²) < 4.78 is 13.6. The number of aromatic nitrogens is 2. The maximum Gasteiger partial charge on any atom is 0.332 e. The van der Waals surface area contributed by atoms with Crippen molar-refractivity contribution in [2.45, 2.75) is 19.6 Å². The zero-order valence-corrected chi connectivity index (χ0v) is 15.5. The van der Waals surface area contributed by atoms with Crippen LogP contribution < -0.4 is 0 Å². The Morgan fingerprint density at radius 2 is 2.00 bits per heavy atom. The first-order chi connectivity index (χ1) is 12.2. The zero-order chi connectivity index (χ0) is 17.6. The molecular formula is C19H19BrN2O3. The largest absolute Gasteiger partial charge is 0.464 e. The second-order valence-electron chi connectivity index (χ2n) is 5.54. The van der Waals surface area contributed by atoms with Crippen molar-refractivity contribution in [1.29, 1.82) is 0 Å². The van der Waals surface area contributed by atoms with E-state index in [1.54, 1.807) is 6.92 Å². The van der Waals surface area contributed by atoms with Gasteiger partial charge < -0.3 is 9.47 Å². The first-order valence-electron chi connectivity index (χ1n) is 8.11. The van der Waals surface area contributed by atoms with E-state index in [1.807, 2.05) is 59.4 Å². The highest BCUT2D eigenvalue weighted by Crippen LogP contribution is 2.25. The van der Waals surface area contributed by atoms with Crippen LogP contribution in [0.2, 0.25) is 0 Å². The van der Waals surface area contributed by atoms with E-state index in [0.29, 0.717) is 13.2 Å². The summed E-state index contributed by atoms with van der Waals surface area (Å²) in [4.78, 5) is 11.6. The van der Waals surface area contributed by atoms with Crippen molar-refractivity contribution in [3.8, 4) is 0 Å². The third-order valence-electron chi connectivity index (χ3n) is 3.78. The maximum atomic E-state index is 11.6. The van der Waals surface area contributed by atoms with Crippen molar-refractivity contribution in [3.63, 3.8) is 0 Å². The summed E-state index contributed by atoms with van der Waals surface area (Å²) in [6.07, 6.45) is 1.68. The Hall–Kier alpha value is -2.18. The first-order valence-corrected chi connectivity index (χ1v) is 8.90. The Bertz CT molecular complexity index is 848. The molecule has 1 atom stereocenters. The molecule has 0 saturated heterocycles. The van der Waals surface area contributed by atoms with Gasteiger partial charge in [-0.2, -0.15) is 5.10 Å². The fourth-order valence-electron chi connectivity index (χ4n) is 2.61. The number of benzene rings is 2. The zero-order valence-electron chi connectivity index (χ0n) is 13.9. The van der Waals surface area contributed by atoms with Gasteiger partial charge in [0.05, 0.1) is 18.7 Å². The van der Waals surface area contributed by atoms with Gasteiger partial charge in [0, 0.05) is 16.1 Å². The summed E-state index contributed by atoms with van der Waals surface area (Å²) in [5.74, 6) is -0.364. The molecule has 5 nitrogen and oxygen atoms in total. The molecule has 0 spiro atoms. The maximum absolute atomic E-state index is 11.6. The smallest absolute Gasteiger partial charge is 0.332 e. The lowest BCUT2D eigenvalue weighted by Crippen LogP contribution is -2.19. The van der Waals surface area contributed by atoms with Crippen molar-refractivity contribution in [2.75, 3.05) is 13.2 Å². The van der Waals surface area contributed by atoms with E-state index in [-0.39, 0.29) is 18.7 Å². The van der Waals surface area contributed by atoms with Gasteiger partial charge in [-0.25, -0.2) is 4.79 Å². The lowest BCUT2D eigenvalue weighted by Gasteiger charge is -2.18. The molecule has 2 aromatic carbocycles. The standard InChI is InChI=1S/C19H19BrN2O3/c1-2-24-19(23)13-25-18(14-7-4-3-5-8-14)12-22-11-15-16(20)9-6-10-17(15)21-22/h3-11,18H,2,12-13H2,1H3/t18-/m0/s1. The second-order valence-corrected chi connectivity index (χ2v) is 6.39. The highest BCUT2D eigenvalue weighted by atomic mass is 79.9. The molecule has 1 aromatic heterocycles. The van der Waals surface area contributed by atoms with E-state index >= 15 is 0 Å². The number of halogens is 1. The van der Waals surface area contributed by atoms with Crippen LogP contribution in [0, 0.1) is 0 Å². The van der Waals surface area contributed by atoms with E-state index in [1.165, 1.54) is 0 Å². The summed E-state index contributed by atoms with van der Waals surface area (Å²) in [7, 11) is 0. The average molecular weight is 403 g/mol. The molecule has 0 aliphatic carbocycles. The third kappa shape index (κ3) is 4.46. The Morgan fingerprint density at radius 3 is 2.72 bits per heavy atom. The van der Waals surface area contributed by atoms with Crippen LogP contribution in [0.3, 0.4) is 0 Å². The van der Waals surface area contributed by atoms with Crippen LogP contribution in [0.1, 0.15) is 18.6 Å². The minimum Gasteiger partial charge on any atom is -0.464 e. The molecule has 3 aromatic rings. The van der Waals surface area contributed by atoms with Gasteiger partial charge in [-0.3, -0.25) is 4.68 Å². The molecule has 3 rings (SSSR count). The second kappa shape index (κ2) is 8.27. The number of hydrogen-bond acceptors (Lipinski definition) is 4. The first kappa shape index (κ1) is 17.6. The number of ether oxygens (including phenoxy) is 2. The quantitative estimate of drug-likeness (QED) is 0.557. The molecule has 0 unspecified atom stereocenters. The van der Waals surface area contributed by atoms with Crippen LogP contribution in [0.25, 0.3) is 10.9 Å². The number of carbonyl (C=O) groups excluding carboxylic acids is 1. The summed E-state index contributed by atoms with van der Waals surface area (Å²) in [5, 5.41) is 5.63. The minimum atomic E-state index is -0.364. The molecule has 0 N–H and O–H groups in total. The molecule has 1 heterocycles. The number of esters is 1. The number of nitrogens with zero attached hydrogens (tertiary/aromatic N) is 2. The summed E-state index contributed by atoms with van der Waals surface area (Å²) in [6, 6.07) is 15.7. The molecule has 0 saturated carbocycles. The predicted molar refractivity (Wildman–Crippen MR) is 99.2 cm³/mol. The Labute approximate surface area is 154 Å². The minimum absolute atomic E-state index is 0.0854. The monoisotopic (exact) mass is 402 g/mol. The SMILES string of the molecule is CCOC(=O)CO[C@@H](Cn1cc2c(Br)cccc2n1)c1ccccc1. The van der Waals surface area contributed by atoms with Crippen LogP contribution >= 0.6 is 15.9 Å². The van der Waals surface area contributed by atoms with E-state index in [0.717, 1.165) is 20.9 Å². The van der Waals surface area contributed by atoms with Crippen LogP contribution in [0.15, 0.2) is 59.2 Å². The van der Waals surface area contributed by atoms with Crippen LogP contribution in [0.5, 0.6) is 0 Å². The van der Waals surface area contributed by atoms with Gasteiger partial charge in [-0.15, -0.1) is 0 Å². The Morgan fingerprint density at radius 1 is 1.20 bits per heavy atom. The summed E-state index contributed by atoms with van der Waals surface area (Å²) >= 11 is 3.54. The molecule has 0 aliphatic rings. The van der Waals surface area contributed by atoms with Crippen molar-refractivity contribution in [3.05, 3.63) is 64.8 Å².